The first kappa shape index (κ1) is 24.7. The van der Waals surface area contributed by atoms with Gasteiger partial charge in [0.1, 0.15) is 0 Å². The van der Waals surface area contributed by atoms with Crippen LogP contribution in [0, 0.1) is 0 Å². The summed E-state index contributed by atoms with van der Waals surface area (Å²) in [6, 6.07) is 10.6. The first-order valence-electron chi connectivity index (χ1n) is 10.5. The molecule has 2 aliphatic rings. The predicted octanol–water partition coefficient (Wildman–Crippen LogP) is 5.17. The smallest absolute Gasteiger partial charge is 0.0833 e. The van der Waals surface area contributed by atoms with E-state index in [1.807, 2.05) is 0 Å². The molecule has 0 amide bonds. The van der Waals surface area contributed by atoms with Crippen LogP contribution in [0.2, 0.25) is 0 Å². The van der Waals surface area contributed by atoms with Crippen molar-refractivity contribution >= 4 is 24.8 Å². The van der Waals surface area contributed by atoms with E-state index in [0.29, 0.717) is 6.10 Å². The largest absolute Gasteiger partial charge is 0.371 e. The summed E-state index contributed by atoms with van der Waals surface area (Å²) in [7, 11) is 0. The monoisotopic (exact) mass is 416 g/mol. The molecule has 3 rings (SSSR count). The van der Waals surface area contributed by atoms with E-state index in [2.05, 4.69) is 40.1 Å². The summed E-state index contributed by atoms with van der Waals surface area (Å²) in [5.41, 5.74) is 1.29. The van der Waals surface area contributed by atoms with Crippen LogP contribution in [-0.2, 0) is 11.3 Å². The molecule has 0 radical (unpaired) electrons. The van der Waals surface area contributed by atoms with Crippen LogP contribution in [0.25, 0.3) is 0 Å². The maximum absolute atomic E-state index is 6.43. The van der Waals surface area contributed by atoms with Crippen molar-refractivity contribution < 1.29 is 4.74 Å². The number of benzene rings is 1. The number of hydrogen-bond acceptors (Lipinski definition) is 3. The van der Waals surface area contributed by atoms with E-state index in [4.69, 9.17) is 4.74 Å². The SMILES string of the molecule is Cl.Cl.c1ccc(COC(CN2CCCCCC2)CN2CCCCCC2)cc1. The van der Waals surface area contributed by atoms with Gasteiger partial charge in [0.15, 0.2) is 0 Å². The summed E-state index contributed by atoms with van der Waals surface area (Å²) < 4.78 is 6.43. The fraction of sp³-hybridized carbons (Fsp3) is 0.727. The number of halogens is 2. The lowest BCUT2D eigenvalue weighted by Crippen LogP contribution is -2.42. The van der Waals surface area contributed by atoms with Gasteiger partial charge in [-0.15, -0.1) is 24.8 Å². The minimum atomic E-state index is 0. The van der Waals surface area contributed by atoms with Crippen LogP contribution in [0.1, 0.15) is 56.9 Å². The van der Waals surface area contributed by atoms with Gasteiger partial charge in [0.2, 0.25) is 0 Å². The Morgan fingerprint density at radius 3 is 1.56 bits per heavy atom. The molecule has 2 saturated heterocycles. The van der Waals surface area contributed by atoms with Crippen molar-refractivity contribution in [3.05, 3.63) is 35.9 Å². The Morgan fingerprint density at radius 2 is 1.11 bits per heavy atom. The second kappa shape index (κ2) is 14.6. The molecule has 0 unspecified atom stereocenters. The zero-order chi connectivity index (χ0) is 17.2. The minimum absolute atomic E-state index is 0. The molecule has 3 nitrogen and oxygen atoms in total. The molecule has 0 saturated carbocycles. The average molecular weight is 417 g/mol. The van der Waals surface area contributed by atoms with Gasteiger partial charge in [-0.3, -0.25) is 0 Å². The highest BCUT2D eigenvalue weighted by Crippen LogP contribution is 2.15. The molecule has 2 aliphatic heterocycles. The molecule has 0 atom stereocenters. The molecule has 2 fully saturated rings. The molecular weight excluding hydrogens is 379 g/mol. The van der Waals surface area contributed by atoms with Crippen LogP contribution in [0.15, 0.2) is 30.3 Å². The zero-order valence-electron chi connectivity index (χ0n) is 16.7. The molecule has 0 aromatic heterocycles. The van der Waals surface area contributed by atoms with Crippen LogP contribution in [0.3, 0.4) is 0 Å². The lowest BCUT2D eigenvalue weighted by atomic mass is 10.2. The molecular formula is C22H38Cl2N2O. The van der Waals surface area contributed by atoms with Gasteiger partial charge in [-0.1, -0.05) is 56.0 Å². The summed E-state index contributed by atoms with van der Waals surface area (Å²) in [5, 5.41) is 0. The zero-order valence-corrected chi connectivity index (χ0v) is 18.3. The first-order valence-corrected chi connectivity index (χ1v) is 10.5. The molecule has 27 heavy (non-hydrogen) atoms. The van der Waals surface area contributed by atoms with E-state index in [0.717, 1.165) is 19.7 Å². The van der Waals surface area contributed by atoms with Gasteiger partial charge in [-0.05, 0) is 57.4 Å². The summed E-state index contributed by atoms with van der Waals surface area (Å²) >= 11 is 0. The highest BCUT2D eigenvalue weighted by molar-refractivity contribution is 5.85. The number of ether oxygens (including phenoxy) is 1. The molecule has 0 aliphatic carbocycles. The van der Waals surface area contributed by atoms with E-state index in [9.17, 15) is 0 Å². The molecule has 0 N–H and O–H groups in total. The van der Waals surface area contributed by atoms with Crippen molar-refractivity contribution in [1.82, 2.24) is 9.80 Å². The fourth-order valence-electron chi connectivity index (χ4n) is 4.16. The third-order valence-electron chi connectivity index (χ3n) is 5.65. The fourth-order valence-corrected chi connectivity index (χ4v) is 4.16. The average Bonchev–Trinajstić information content (AvgIpc) is 3.06. The van der Waals surface area contributed by atoms with Crippen LogP contribution in [0.4, 0.5) is 0 Å². The highest BCUT2D eigenvalue weighted by atomic mass is 35.5. The third-order valence-corrected chi connectivity index (χ3v) is 5.65. The number of rotatable bonds is 7. The Balaban J connectivity index is 0.00000182. The van der Waals surface area contributed by atoms with Crippen molar-refractivity contribution in [1.29, 1.82) is 0 Å². The quantitative estimate of drug-likeness (QED) is 0.609. The van der Waals surface area contributed by atoms with E-state index < -0.39 is 0 Å². The van der Waals surface area contributed by atoms with Gasteiger partial charge >= 0.3 is 0 Å². The van der Waals surface area contributed by atoms with Crippen molar-refractivity contribution in [3.63, 3.8) is 0 Å². The Bertz CT molecular complexity index is 437. The normalized spacial score (nSPS) is 19.6. The van der Waals surface area contributed by atoms with Crippen molar-refractivity contribution in [2.24, 2.45) is 0 Å². The van der Waals surface area contributed by atoms with Crippen molar-refractivity contribution in [2.45, 2.75) is 64.1 Å². The van der Waals surface area contributed by atoms with Crippen molar-refractivity contribution in [2.75, 3.05) is 39.3 Å². The Kier molecular flexibility index (Phi) is 13.4. The van der Waals surface area contributed by atoms with Crippen molar-refractivity contribution in [3.8, 4) is 0 Å². The van der Waals surface area contributed by atoms with Crippen LogP contribution >= 0.6 is 24.8 Å². The molecule has 5 heteroatoms. The maximum Gasteiger partial charge on any atom is 0.0833 e. The topological polar surface area (TPSA) is 15.7 Å². The molecule has 156 valence electrons. The number of hydrogen-bond donors (Lipinski definition) is 0. The van der Waals surface area contributed by atoms with Crippen LogP contribution in [0.5, 0.6) is 0 Å². The number of likely N-dealkylation sites (tertiary alicyclic amines) is 2. The maximum atomic E-state index is 6.43. The summed E-state index contributed by atoms with van der Waals surface area (Å²) in [4.78, 5) is 5.31. The lowest BCUT2D eigenvalue weighted by molar-refractivity contribution is -0.00516. The van der Waals surface area contributed by atoms with E-state index >= 15 is 0 Å². The molecule has 1 aromatic rings. The molecule has 0 bridgehead atoms. The molecule has 2 heterocycles. The Hall–Kier alpha value is -0.320. The minimum Gasteiger partial charge on any atom is -0.371 e. The van der Waals surface area contributed by atoms with Gasteiger partial charge < -0.3 is 14.5 Å². The second-order valence-corrected chi connectivity index (χ2v) is 7.85. The van der Waals surface area contributed by atoms with E-state index in [-0.39, 0.29) is 24.8 Å². The predicted molar refractivity (Wildman–Crippen MR) is 119 cm³/mol. The summed E-state index contributed by atoms with van der Waals surface area (Å²) in [6.07, 6.45) is 11.4. The van der Waals surface area contributed by atoms with Gasteiger partial charge in [-0.25, -0.2) is 0 Å². The lowest BCUT2D eigenvalue weighted by Gasteiger charge is -2.30. The second-order valence-electron chi connectivity index (χ2n) is 7.85. The molecule has 0 spiro atoms. The standard InChI is InChI=1S/C22H36N2O.2ClH/c1-2-9-15-23(14-8-1)18-22(19-24-16-10-3-4-11-17-24)25-20-21-12-6-5-7-13-21;;/h5-7,12-13,22H,1-4,8-11,14-20H2;2*1H. The van der Waals surface area contributed by atoms with Crippen LogP contribution in [-0.4, -0.2) is 55.2 Å². The van der Waals surface area contributed by atoms with Gasteiger partial charge in [0, 0.05) is 13.1 Å². The van der Waals surface area contributed by atoms with E-state index in [1.54, 1.807) is 0 Å². The summed E-state index contributed by atoms with van der Waals surface area (Å²) in [6.45, 7) is 7.96. The third kappa shape index (κ3) is 9.62. The highest BCUT2D eigenvalue weighted by Gasteiger charge is 2.20. The van der Waals surface area contributed by atoms with E-state index in [1.165, 1.54) is 83.1 Å². The first-order chi connectivity index (χ1) is 12.4. The van der Waals surface area contributed by atoms with Gasteiger partial charge in [-0.2, -0.15) is 0 Å². The van der Waals surface area contributed by atoms with Gasteiger partial charge in [0.05, 0.1) is 12.7 Å². The van der Waals surface area contributed by atoms with Crippen LogP contribution < -0.4 is 0 Å². The Morgan fingerprint density at radius 1 is 0.667 bits per heavy atom. The Labute approximate surface area is 178 Å². The molecule has 1 aromatic carbocycles. The summed E-state index contributed by atoms with van der Waals surface area (Å²) in [5.74, 6) is 0. The van der Waals surface area contributed by atoms with Gasteiger partial charge in [0.25, 0.3) is 0 Å². The number of nitrogens with zero attached hydrogens (tertiary/aromatic N) is 2.